The highest BCUT2D eigenvalue weighted by molar-refractivity contribution is 8.00. The number of nitrogens with two attached hydrogens (primary N) is 2. The molecular formula is C21H20N8O6S2. The van der Waals surface area contributed by atoms with Gasteiger partial charge in [0.05, 0.1) is 11.7 Å². The molecule has 1 unspecified atom stereocenters. The topological polar surface area (TPSA) is 210 Å². The van der Waals surface area contributed by atoms with Crippen LogP contribution in [0.5, 0.6) is 0 Å². The number of anilines is 1. The van der Waals surface area contributed by atoms with Crippen molar-refractivity contribution in [2.45, 2.75) is 18.0 Å². The van der Waals surface area contributed by atoms with E-state index in [0.29, 0.717) is 17.7 Å². The fraction of sp³-hybridized carbons (Fsp3) is 0.238. The number of aliphatic carboxylic acids is 1. The lowest BCUT2D eigenvalue weighted by molar-refractivity contribution is -0.687. The number of carbonyl (C=O) groups is 4. The van der Waals surface area contributed by atoms with Gasteiger partial charge in [-0.15, -0.1) is 11.8 Å². The molecule has 0 aliphatic carbocycles. The fourth-order valence-corrected chi connectivity index (χ4v) is 5.43. The van der Waals surface area contributed by atoms with Crippen LogP contribution in [-0.2, 0) is 25.8 Å². The number of thioether (sulfide) groups is 1. The van der Waals surface area contributed by atoms with Crippen molar-refractivity contribution in [2.24, 2.45) is 10.9 Å². The zero-order chi connectivity index (χ0) is 26.7. The number of carboxylic acids is 1. The first-order chi connectivity index (χ1) is 17.7. The number of fused-ring (bicyclic) bond motifs is 1. The maximum Gasteiger partial charge on any atom is 0.278 e. The van der Waals surface area contributed by atoms with Gasteiger partial charge in [0, 0.05) is 23.4 Å². The summed E-state index contributed by atoms with van der Waals surface area (Å²) in [5.74, 6) is -3.31. The molecule has 5 N–H and O–H groups in total. The van der Waals surface area contributed by atoms with Crippen LogP contribution in [0.3, 0.4) is 0 Å². The second-order valence-corrected chi connectivity index (χ2v) is 9.55. The molecule has 14 nitrogen and oxygen atoms in total. The average Bonchev–Trinajstić information content (AvgIpc) is 3.30. The van der Waals surface area contributed by atoms with E-state index in [0.717, 1.165) is 16.4 Å². The highest BCUT2D eigenvalue weighted by Gasteiger charge is 2.53. The third-order valence-corrected chi connectivity index (χ3v) is 7.15. The standard InChI is InChI=1S/C21H20N8O6S2/c1-35-26-12(16-25-21(23)37-27-16)17(31)24-13-18(32)29-14(20(33)34)11(9-36-19(13)29)5-3-7-28-6-2-4-10(8-28)15(22)30/h2-6,8,13,19H,7,9H2,1H3,(H5-,22,23,24,25,27,30,31,33,34)/t13?,19-/m0/s1. The molecule has 16 heteroatoms. The van der Waals surface area contributed by atoms with Gasteiger partial charge in [-0.3, -0.25) is 19.3 Å². The number of oxime groups is 1. The van der Waals surface area contributed by atoms with E-state index in [2.05, 4.69) is 19.8 Å². The van der Waals surface area contributed by atoms with Crippen LogP contribution in [0.15, 0.2) is 53.1 Å². The zero-order valence-electron chi connectivity index (χ0n) is 19.2. The quantitative estimate of drug-likeness (QED) is 0.131. The number of β-lactam (4-membered cyclic amide) rings is 1. The molecule has 2 aliphatic rings. The van der Waals surface area contributed by atoms with Crippen molar-refractivity contribution in [1.29, 1.82) is 0 Å². The summed E-state index contributed by atoms with van der Waals surface area (Å²) in [7, 11) is 1.23. The number of pyridine rings is 1. The van der Waals surface area contributed by atoms with Gasteiger partial charge in [-0.2, -0.15) is 9.36 Å². The molecule has 4 rings (SSSR count). The average molecular weight is 545 g/mol. The van der Waals surface area contributed by atoms with Crippen molar-refractivity contribution < 1.29 is 33.7 Å². The second-order valence-electron chi connectivity index (χ2n) is 7.66. The van der Waals surface area contributed by atoms with Crippen molar-refractivity contribution in [2.75, 3.05) is 18.6 Å². The van der Waals surface area contributed by atoms with E-state index in [-0.39, 0.29) is 28.1 Å². The molecular weight excluding hydrogens is 524 g/mol. The van der Waals surface area contributed by atoms with Crippen molar-refractivity contribution in [3.05, 3.63) is 59.3 Å². The van der Waals surface area contributed by atoms with E-state index in [1.54, 1.807) is 41.2 Å². The van der Waals surface area contributed by atoms with Crippen LogP contribution < -0.4 is 26.5 Å². The van der Waals surface area contributed by atoms with Gasteiger partial charge in [0.25, 0.3) is 17.7 Å². The van der Waals surface area contributed by atoms with E-state index in [9.17, 15) is 24.3 Å². The van der Waals surface area contributed by atoms with Gasteiger partial charge in [0.15, 0.2) is 24.1 Å². The molecule has 1 saturated heterocycles. The number of hydrogen-bond acceptors (Lipinski definition) is 12. The SMILES string of the molecule is CON=C(C(=O)NC1C(=O)N2C(C(=O)[O-])=C(C=CC[n+]3cccc(C(N)=O)c3)CS[C@@H]12)c1nsc(N)n1. The summed E-state index contributed by atoms with van der Waals surface area (Å²) >= 11 is 2.13. The van der Waals surface area contributed by atoms with E-state index in [1.807, 2.05) is 0 Å². The lowest BCUT2D eigenvalue weighted by Gasteiger charge is -2.50. The summed E-state index contributed by atoms with van der Waals surface area (Å²) in [6, 6.07) is 2.23. The number of carbonyl (C=O) groups excluding carboxylic acids is 4. The molecule has 1 fully saturated rings. The molecule has 2 aromatic rings. The van der Waals surface area contributed by atoms with Crippen LogP contribution in [0.4, 0.5) is 5.13 Å². The molecule has 37 heavy (non-hydrogen) atoms. The van der Waals surface area contributed by atoms with E-state index < -0.39 is 35.1 Å². The maximum absolute atomic E-state index is 12.9. The Bertz CT molecular complexity index is 1370. The summed E-state index contributed by atoms with van der Waals surface area (Å²) in [5, 5.41) is 17.6. The Morgan fingerprint density at radius 3 is 2.86 bits per heavy atom. The number of nitrogens with one attached hydrogen (secondary N) is 1. The fourth-order valence-electron chi connectivity index (χ4n) is 3.67. The van der Waals surface area contributed by atoms with Gasteiger partial charge < -0.3 is 31.5 Å². The molecule has 0 spiro atoms. The molecule has 192 valence electrons. The first-order valence-corrected chi connectivity index (χ1v) is 12.4. The Morgan fingerprint density at radius 2 is 2.22 bits per heavy atom. The zero-order valence-corrected chi connectivity index (χ0v) is 20.8. The summed E-state index contributed by atoms with van der Waals surface area (Å²) < 4.78 is 5.62. The lowest BCUT2D eigenvalue weighted by Crippen LogP contribution is -2.71. The van der Waals surface area contributed by atoms with Crippen LogP contribution in [0, 0.1) is 0 Å². The number of nitrogens with zero attached hydrogens (tertiary/aromatic N) is 5. The summed E-state index contributed by atoms with van der Waals surface area (Å²) in [4.78, 5) is 58.7. The van der Waals surface area contributed by atoms with Gasteiger partial charge in [0.2, 0.25) is 11.5 Å². The van der Waals surface area contributed by atoms with Crippen molar-refractivity contribution in [3.8, 4) is 0 Å². The van der Waals surface area contributed by atoms with Gasteiger partial charge in [-0.05, 0) is 17.7 Å². The number of aromatic nitrogens is 3. The van der Waals surface area contributed by atoms with Crippen LogP contribution in [0.1, 0.15) is 16.2 Å². The van der Waals surface area contributed by atoms with Crippen LogP contribution >= 0.6 is 23.3 Å². The molecule has 0 bridgehead atoms. The minimum Gasteiger partial charge on any atom is -0.543 e. The van der Waals surface area contributed by atoms with Crippen LogP contribution in [0.2, 0.25) is 0 Å². The second kappa shape index (κ2) is 10.8. The Hall–Kier alpha value is -4.31. The molecule has 2 aromatic heterocycles. The van der Waals surface area contributed by atoms with Crippen molar-refractivity contribution >= 4 is 57.8 Å². The van der Waals surface area contributed by atoms with Gasteiger partial charge in [0.1, 0.15) is 24.1 Å². The number of allylic oxidation sites excluding steroid dienone is 2. The predicted molar refractivity (Wildman–Crippen MR) is 129 cm³/mol. The summed E-state index contributed by atoms with van der Waals surface area (Å²) in [5.41, 5.74) is 11.0. The number of amides is 3. The van der Waals surface area contributed by atoms with Gasteiger partial charge >= 0.3 is 0 Å². The molecule has 0 aromatic carbocycles. The molecule has 2 aliphatic heterocycles. The van der Waals surface area contributed by atoms with Crippen LogP contribution in [-0.4, -0.2) is 67.9 Å². The molecule has 4 heterocycles. The molecule has 0 radical (unpaired) electrons. The predicted octanol–water partition coefficient (Wildman–Crippen LogP) is -2.48. The largest absolute Gasteiger partial charge is 0.543 e. The van der Waals surface area contributed by atoms with Gasteiger partial charge in [-0.1, -0.05) is 11.2 Å². The highest BCUT2D eigenvalue weighted by Crippen LogP contribution is 2.40. The number of rotatable bonds is 9. The Morgan fingerprint density at radius 1 is 1.43 bits per heavy atom. The minimum atomic E-state index is -1.52. The third-order valence-electron chi connectivity index (χ3n) is 5.31. The number of carboxylic acid groups (broad SMARTS) is 1. The summed E-state index contributed by atoms with van der Waals surface area (Å²) in [6.45, 7) is 0.322. The first kappa shape index (κ1) is 25.8. The van der Waals surface area contributed by atoms with E-state index in [1.165, 1.54) is 18.9 Å². The van der Waals surface area contributed by atoms with Crippen LogP contribution in [0.25, 0.3) is 0 Å². The first-order valence-electron chi connectivity index (χ1n) is 10.6. The monoisotopic (exact) mass is 544 g/mol. The van der Waals surface area contributed by atoms with E-state index in [4.69, 9.17) is 16.3 Å². The van der Waals surface area contributed by atoms with E-state index >= 15 is 0 Å². The Balaban J connectivity index is 1.49. The molecule has 2 atom stereocenters. The Kier molecular flexibility index (Phi) is 7.49. The van der Waals surface area contributed by atoms with Crippen molar-refractivity contribution in [1.82, 2.24) is 19.6 Å². The lowest BCUT2D eigenvalue weighted by atomic mass is 10.0. The normalized spacial score (nSPS) is 19.4. The van der Waals surface area contributed by atoms with Crippen molar-refractivity contribution in [3.63, 3.8) is 0 Å². The molecule has 3 amide bonds. The molecule has 0 saturated carbocycles. The number of nitrogen functional groups attached to an aromatic ring is 1. The number of hydrogen-bond donors (Lipinski definition) is 3. The Labute approximate surface area is 217 Å². The highest BCUT2D eigenvalue weighted by atomic mass is 32.2. The minimum absolute atomic E-state index is 0.0660. The third kappa shape index (κ3) is 5.29. The maximum atomic E-state index is 12.9. The smallest absolute Gasteiger partial charge is 0.278 e. The van der Waals surface area contributed by atoms with Gasteiger partial charge in [-0.25, -0.2) is 4.57 Å². The summed E-state index contributed by atoms with van der Waals surface area (Å²) in [6.07, 6.45) is 6.56. The number of primary amides is 1.